The van der Waals surface area contributed by atoms with Gasteiger partial charge in [0.15, 0.2) is 0 Å². The number of aliphatic hydroxyl groups is 1. The molecular formula is C16H27NO. The molecule has 0 saturated carbocycles. The van der Waals surface area contributed by atoms with Gasteiger partial charge in [-0.1, -0.05) is 30.7 Å². The van der Waals surface area contributed by atoms with E-state index >= 15 is 0 Å². The third-order valence-electron chi connectivity index (χ3n) is 4.37. The van der Waals surface area contributed by atoms with Crippen molar-refractivity contribution in [2.24, 2.45) is 0 Å². The zero-order valence-corrected chi connectivity index (χ0v) is 12.6. The number of hydrogen-bond acceptors (Lipinski definition) is 2. The molecule has 2 nitrogen and oxygen atoms in total. The van der Waals surface area contributed by atoms with Gasteiger partial charge in [-0.25, -0.2) is 0 Å². The minimum atomic E-state index is -0.349. The Morgan fingerprint density at radius 2 is 1.89 bits per heavy atom. The standard InChI is InChI=1S/C16H27NO/c1-7-16(4,17(5)6)15(18)11-14-10-12(2)8-9-13(14)3/h8-10,15,18H,7,11H2,1-6H3. The summed E-state index contributed by atoms with van der Waals surface area (Å²) >= 11 is 0. The fraction of sp³-hybridized carbons (Fsp3) is 0.625. The highest BCUT2D eigenvalue weighted by atomic mass is 16.3. The molecule has 1 aromatic rings. The summed E-state index contributed by atoms with van der Waals surface area (Å²) < 4.78 is 0. The lowest BCUT2D eigenvalue weighted by Crippen LogP contribution is -2.51. The van der Waals surface area contributed by atoms with Crippen LogP contribution in [0.15, 0.2) is 18.2 Å². The maximum absolute atomic E-state index is 10.6. The maximum Gasteiger partial charge on any atom is 0.0761 e. The van der Waals surface area contributed by atoms with Crippen LogP contribution in [0.3, 0.4) is 0 Å². The summed E-state index contributed by atoms with van der Waals surface area (Å²) in [5, 5.41) is 10.6. The van der Waals surface area contributed by atoms with Crippen LogP contribution < -0.4 is 0 Å². The summed E-state index contributed by atoms with van der Waals surface area (Å²) in [5.41, 5.74) is 3.60. The highest BCUT2D eigenvalue weighted by molar-refractivity contribution is 5.31. The number of nitrogens with zero attached hydrogens (tertiary/aromatic N) is 1. The molecule has 0 heterocycles. The van der Waals surface area contributed by atoms with Crippen molar-refractivity contribution < 1.29 is 5.11 Å². The summed E-state index contributed by atoms with van der Waals surface area (Å²) in [4.78, 5) is 2.13. The molecule has 0 bridgehead atoms. The van der Waals surface area contributed by atoms with Crippen molar-refractivity contribution in [1.29, 1.82) is 0 Å². The second kappa shape index (κ2) is 5.85. The minimum Gasteiger partial charge on any atom is -0.391 e. The lowest BCUT2D eigenvalue weighted by Gasteiger charge is -2.40. The van der Waals surface area contributed by atoms with E-state index in [-0.39, 0.29) is 11.6 Å². The van der Waals surface area contributed by atoms with Crippen LogP contribution >= 0.6 is 0 Å². The number of aryl methyl sites for hydroxylation is 2. The van der Waals surface area contributed by atoms with Crippen LogP contribution in [0.2, 0.25) is 0 Å². The number of aliphatic hydroxyl groups excluding tert-OH is 1. The average Bonchev–Trinajstić information content (AvgIpc) is 2.32. The Bertz CT molecular complexity index is 400. The first-order valence-corrected chi connectivity index (χ1v) is 6.73. The Hall–Kier alpha value is -0.860. The lowest BCUT2D eigenvalue weighted by atomic mass is 9.85. The van der Waals surface area contributed by atoms with Gasteiger partial charge in [0.2, 0.25) is 0 Å². The highest BCUT2D eigenvalue weighted by Crippen LogP contribution is 2.25. The van der Waals surface area contributed by atoms with E-state index in [4.69, 9.17) is 0 Å². The van der Waals surface area contributed by atoms with Crippen molar-refractivity contribution in [3.63, 3.8) is 0 Å². The molecule has 102 valence electrons. The van der Waals surface area contributed by atoms with Gasteiger partial charge in [-0.15, -0.1) is 0 Å². The van der Waals surface area contributed by atoms with E-state index in [0.717, 1.165) is 12.8 Å². The van der Waals surface area contributed by atoms with E-state index in [2.05, 4.69) is 50.8 Å². The monoisotopic (exact) mass is 249 g/mol. The number of rotatable bonds is 5. The second-order valence-electron chi connectivity index (χ2n) is 5.76. The number of benzene rings is 1. The van der Waals surface area contributed by atoms with Crippen LogP contribution in [-0.4, -0.2) is 35.7 Å². The SMILES string of the molecule is CCC(C)(C(O)Cc1cc(C)ccc1C)N(C)C. The third kappa shape index (κ3) is 3.12. The Labute approximate surface area is 112 Å². The molecule has 0 aliphatic carbocycles. The molecule has 2 atom stereocenters. The quantitative estimate of drug-likeness (QED) is 0.867. The van der Waals surface area contributed by atoms with Crippen LogP contribution in [0.1, 0.15) is 37.0 Å². The van der Waals surface area contributed by atoms with Crippen molar-refractivity contribution in [3.05, 3.63) is 34.9 Å². The number of hydrogen-bond donors (Lipinski definition) is 1. The smallest absolute Gasteiger partial charge is 0.0761 e. The van der Waals surface area contributed by atoms with E-state index in [0.29, 0.717) is 0 Å². The summed E-state index contributed by atoms with van der Waals surface area (Å²) in [6, 6.07) is 6.44. The van der Waals surface area contributed by atoms with Gasteiger partial charge in [-0.3, -0.25) is 0 Å². The molecule has 0 aliphatic rings. The third-order valence-corrected chi connectivity index (χ3v) is 4.37. The Morgan fingerprint density at radius 1 is 1.28 bits per heavy atom. The molecule has 0 aliphatic heterocycles. The van der Waals surface area contributed by atoms with Gasteiger partial charge < -0.3 is 10.0 Å². The normalized spacial score (nSPS) is 16.7. The molecule has 1 aromatic carbocycles. The summed E-state index contributed by atoms with van der Waals surface area (Å²) in [6.07, 6.45) is 1.31. The van der Waals surface area contributed by atoms with Crippen molar-refractivity contribution in [2.75, 3.05) is 14.1 Å². The van der Waals surface area contributed by atoms with Gasteiger partial charge in [-0.2, -0.15) is 0 Å². The largest absolute Gasteiger partial charge is 0.391 e. The van der Waals surface area contributed by atoms with Crippen LogP contribution in [0.25, 0.3) is 0 Å². The summed E-state index contributed by atoms with van der Waals surface area (Å²) in [7, 11) is 4.08. The zero-order valence-electron chi connectivity index (χ0n) is 12.6. The van der Waals surface area contributed by atoms with Gasteiger partial charge >= 0.3 is 0 Å². The van der Waals surface area contributed by atoms with Gasteiger partial charge in [-0.05, 0) is 52.4 Å². The van der Waals surface area contributed by atoms with Crippen LogP contribution in [0.5, 0.6) is 0 Å². The second-order valence-corrected chi connectivity index (χ2v) is 5.76. The molecule has 0 radical (unpaired) electrons. The first kappa shape index (κ1) is 15.2. The molecule has 1 N–H and O–H groups in total. The topological polar surface area (TPSA) is 23.5 Å². The molecule has 0 amide bonds. The summed E-state index contributed by atoms with van der Waals surface area (Å²) in [5.74, 6) is 0. The Balaban J connectivity index is 2.93. The van der Waals surface area contributed by atoms with E-state index in [1.807, 2.05) is 14.1 Å². The van der Waals surface area contributed by atoms with Crippen molar-refractivity contribution in [2.45, 2.75) is 52.2 Å². The van der Waals surface area contributed by atoms with Crippen molar-refractivity contribution >= 4 is 0 Å². The lowest BCUT2D eigenvalue weighted by molar-refractivity contribution is 0.00292. The van der Waals surface area contributed by atoms with Gasteiger partial charge in [0, 0.05) is 12.0 Å². The molecule has 0 fully saturated rings. The van der Waals surface area contributed by atoms with Crippen LogP contribution in [0, 0.1) is 13.8 Å². The Kier molecular flexibility index (Phi) is 4.94. The fourth-order valence-electron chi connectivity index (χ4n) is 2.30. The molecule has 18 heavy (non-hydrogen) atoms. The van der Waals surface area contributed by atoms with E-state index in [9.17, 15) is 5.11 Å². The molecule has 2 unspecified atom stereocenters. The van der Waals surface area contributed by atoms with Crippen molar-refractivity contribution in [3.8, 4) is 0 Å². The predicted octanol–water partition coefficient (Wildman–Crippen LogP) is 2.94. The highest BCUT2D eigenvalue weighted by Gasteiger charge is 2.33. The van der Waals surface area contributed by atoms with Gasteiger partial charge in [0.1, 0.15) is 0 Å². The van der Waals surface area contributed by atoms with Gasteiger partial charge in [0.05, 0.1) is 6.10 Å². The van der Waals surface area contributed by atoms with Crippen LogP contribution in [-0.2, 0) is 6.42 Å². The first-order valence-electron chi connectivity index (χ1n) is 6.73. The minimum absolute atomic E-state index is 0.170. The first-order chi connectivity index (χ1) is 8.31. The van der Waals surface area contributed by atoms with E-state index in [1.54, 1.807) is 0 Å². The molecule has 0 saturated heterocycles. The average molecular weight is 249 g/mol. The van der Waals surface area contributed by atoms with Gasteiger partial charge in [0.25, 0.3) is 0 Å². The van der Waals surface area contributed by atoms with E-state index < -0.39 is 0 Å². The molecule has 1 rings (SSSR count). The number of likely N-dealkylation sites (N-methyl/N-ethyl adjacent to an activating group) is 1. The molecule has 0 aromatic heterocycles. The fourth-order valence-corrected chi connectivity index (χ4v) is 2.30. The molecule has 0 spiro atoms. The predicted molar refractivity (Wildman–Crippen MR) is 78.0 cm³/mol. The summed E-state index contributed by atoms with van der Waals surface area (Å²) in [6.45, 7) is 8.47. The van der Waals surface area contributed by atoms with E-state index in [1.165, 1.54) is 16.7 Å². The maximum atomic E-state index is 10.6. The molecule has 2 heteroatoms. The van der Waals surface area contributed by atoms with Crippen molar-refractivity contribution in [1.82, 2.24) is 4.90 Å². The zero-order chi connectivity index (χ0) is 13.9. The molecular weight excluding hydrogens is 222 g/mol. The van der Waals surface area contributed by atoms with Crippen LogP contribution in [0.4, 0.5) is 0 Å². The Morgan fingerprint density at radius 3 is 2.39 bits per heavy atom.